The third kappa shape index (κ3) is 4.76. The van der Waals surface area contributed by atoms with Crippen LogP contribution in [-0.2, 0) is 4.43 Å². The fourth-order valence-electron chi connectivity index (χ4n) is 3.15. The van der Waals surface area contributed by atoms with Gasteiger partial charge >= 0.3 is 0 Å². The van der Waals surface area contributed by atoms with Crippen molar-refractivity contribution >= 4 is 19.9 Å². The Kier molecular flexibility index (Phi) is 7.15. The van der Waals surface area contributed by atoms with Gasteiger partial charge in [-0.3, -0.25) is 9.59 Å². The summed E-state index contributed by atoms with van der Waals surface area (Å²) in [5.74, 6) is 0.219. The maximum absolute atomic E-state index is 13.6. The van der Waals surface area contributed by atoms with Gasteiger partial charge < -0.3 is 13.9 Å². The van der Waals surface area contributed by atoms with Crippen LogP contribution in [0.15, 0.2) is 35.4 Å². The first-order valence-corrected chi connectivity index (χ1v) is 13.1. The second kappa shape index (κ2) is 8.90. The number of hydrogen-bond donors (Lipinski definition) is 0. The second-order valence-electron chi connectivity index (χ2n) is 9.40. The van der Waals surface area contributed by atoms with Crippen LogP contribution in [0.4, 0.5) is 0 Å². The van der Waals surface area contributed by atoms with Gasteiger partial charge in [0.15, 0.2) is 19.9 Å². The van der Waals surface area contributed by atoms with Crippen LogP contribution in [0.3, 0.4) is 0 Å². The fraction of sp³-hybridized carbons (Fsp3) is 0.500. The standard InChI is InChI=1S/C24H34O5Si/c1-15(2)10-11-18(29-30(8,9)24(3,4)5)16-14-17(25)21-19(27-6)12-13-20(28-7)22(21)23(16)26/h10,12-14,18H,11H2,1-9H3/t18-/m1/s1. The van der Waals surface area contributed by atoms with Gasteiger partial charge in [0, 0.05) is 5.57 Å². The molecule has 0 spiro atoms. The van der Waals surface area contributed by atoms with E-state index in [2.05, 4.69) is 39.9 Å². The number of fused-ring (bicyclic) bond motifs is 1. The summed E-state index contributed by atoms with van der Waals surface area (Å²) in [4.78, 5) is 26.7. The lowest BCUT2D eigenvalue weighted by Crippen LogP contribution is -2.45. The summed E-state index contributed by atoms with van der Waals surface area (Å²) in [5.41, 5.74) is 2.01. The van der Waals surface area contributed by atoms with Gasteiger partial charge in [-0.25, -0.2) is 0 Å². The summed E-state index contributed by atoms with van der Waals surface area (Å²) in [6, 6.07) is 3.31. The molecule has 0 saturated heterocycles. The highest BCUT2D eigenvalue weighted by molar-refractivity contribution is 6.74. The predicted octanol–water partition coefficient (Wildman–Crippen LogP) is 5.76. The number of Topliss-reactive ketones (excluding diaryl/α,β-unsaturated/α-hetero) is 1. The molecule has 1 aromatic rings. The number of ether oxygens (including phenoxy) is 2. The van der Waals surface area contributed by atoms with Crippen LogP contribution in [0.25, 0.3) is 0 Å². The minimum absolute atomic E-state index is 0.0304. The zero-order valence-electron chi connectivity index (χ0n) is 19.6. The van der Waals surface area contributed by atoms with Crippen LogP contribution in [0, 0.1) is 0 Å². The third-order valence-electron chi connectivity index (χ3n) is 5.92. The molecule has 164 valence electrons. The van der Waals surface area contributed by atoms with Crippen LogP contribution in [0.5, 0.6) is 11.5 Å². The van der Waals surface area contributed by atoms with Gasteiger partial charge in [0.2, 0.25) is 0 Å². The number of carbonyl (C=O) groups is 2. The molecule has 0 fully saturated rings. The average molecular weight is 431 g/mol. The molecule has 0 bridgehead atoms. The van der Waals surface area contributed by atoms with Crippen molar-refractivity contribution in [2.75, 3.05) is 14.2 Å². The number of hydrogen-bond acceptors (Lipinski definition) is 5. The number of methoxy groups -OCH3 is 2. The molecule has 1 aliphatic rings. The van der Waals surface area contributed by atoms with E-state index >= 15 is 0 Å². The van der Waals surface area contributed by atoms with Gasteiger partial charge in [-0.2, -0.15) is 0 Å². The van der Waals surface area contributed by atoms with Crippen molar-refractivity contribution in [3.63, 3.8) is 0 Å². The SMILES string of the molecule is COc1ccc(OC)c2c1C(=O)C=C([C@@H](CC=C(C)C)O[Si](C)(C)C(C)(C)C)C2=O. The number of rotatable bonds is 7. The molecule has 0 aliphatic heterocycles. The van der Waals surface area contributed by atoms with E-state index in [4.69, 9.17) is 13.9 Å². The first kappa shape index (κ1) is 24.1. The zero-order chi connectivity index (χ0) is 22.9. The summed E-state index contributed by atoms with van der Waals surface area (Å²) in [7, 11) is 0.778. The van der Waals surface area contributed by atoms with Gasteiger partial charge in [0.25, 0.3) is 0 Å². The Morgan fingerprint density at radius 2 is 1.57 bits per heavy atom. The van der Waals surface area contributed by atoms with E-state index in [9.17, 15) is 9.59 Å². The van der Waals surface area contributed by atoms with Crippen molar-refractivity contribution in [1.82, 2.24) is 0 Å². The van der Waals surface area contributed by atoms with Gasteiger partial charge in [0.1, 0.15) is 11.5 Å². The van der Waals surface area contributed by atoms with E-state index in [-0.39, 0.29) is 27.7 Å². The maximum atomic E-state index is 13.6. The maximum Gasteiger partial charge on any atom is 0.196 e. The Balaban J connectivity index is 2.60. The van der Waals surface area contributed by atoms with Crippen molar-refractivity contribution < 1.29 is 23.5 Å². The van der Waals surface area contributed by atoms with E-state index < -0.39 is 14.4 Å². The third-order valence-corrected chi connectivity index (χ3v) is 10.4. The molecular weight excluding hydrogens is 396 g/mol. The largest absolute Gasteiger partial charge is 0.496 e. The number of benzene rings is 1. The summed E-state index contributed by atoms with van der Waals surface area (Å²) in [6.07, 6.45) is 3.50. The topological polar surface area (TPSA) is 61.8 Å². The Hall–Kier alpha value is -2.18. The first-order valence-electron chi connectivity index (χ1n) is 10.2. The van der Waals surface area contributed by atoms with E-state index in [0.717, 1.165) is 5.57 Å². The van der Waals surface area contributed by atoms with Crippen LogP contribution in [0.2, 0.25) is 18.1 Å². The van der Waals surface area contributed by atoms with Crippen LogP contribution >= 0.6 is 0 Å². The van der Waals surface area contributed by atoms with Crippen molar-refractivity contribution in [3.8, 4) is 11.5 Å². The fourth-order valence-corrected chi connectivity index (χ4v) is 4.44. The highest BCUT2D eigenvalue weighted by Gasteiger charge is 2.42. The molecule has 5 nitrogen and oxygen atoms in total. The van der Waals surface area contributed by atoms with Crippen molar-refractivity contribution in [1.29, 1.82) is 0 Å². The lowest BCUT2D eigenvalue weighted by Gasteiger charge is -2.40. The van der Waals surface area contributed by atoms with Crippen molar-refractivity contribution in [2.24, 2.45) is 0 Å². The van der Waals surface area contributed by atoms with E-state index in [1.807, 2.05) is 13.8 Å². The summed E-state index contributed by atoms with van der Waals surface area (Å²) in [5, 5.41) is -0.0304. The van der Waals surface area contributed by atoms with Gasteiger partial charge in [-0.15, -0.1) is 0 Å². The second-order valence-corrected chi connectivity index (χ2v) is 14.2. The highest BCUT2D eigenvalue weighted by Crippen LogP contribution is 2.41. The molecule has 1 aliphatic carbocycles. The van der Waals surface area contributed by atoms with Crippen LogP contribution in [-0.4, -0.2) is 40.2 Å². The van der Waals surface area contributed by atoms with Gasteiger partial charge in [-0.05, 0) is 56.6 Å². The molecule has 1 aromatic carbocycles. The molecule has 0 aromatic heterocycles. The molecule has 0 saturated carbocycles. The molecule has 0 amide bonds. The van der Waals surface area contributed by atoms with E-state index in [1.54, 1.807) is 12.1 Å². The number of carbonyl (C=O) groups excluding carboxylic acids is 2. The van der Waals surface area contributed by atoms with Crippen LogP contribution < -0.4 is 9.47 Å². The quantitative estimate of drug-likeness (QED) is 0.407. The number of allylic oxidation sites excluding steroid dienone is 2. The van der Waals surface area contributed by atoms with E-state index in [1.165, 1.54) is 20.3 Å². The van der Waals surface area contributed by atoms with Crippen LogP contribution in [0.1, 0.15) is 61.8 Å². The molecule has 0 unspecified atom stereocenters. The molecule has 0 radical (unpaired) electrons. The van der Waals surface area contributed by atoms with Crippen molar-refractivity contribution in [2.45, 2.75) is 65.3 Å². The molecule has 30 heavy (non-hydrogen) atoms. The Morgan fingerprint density at radius 1 is 1.03 bits per heavy atom. The molecule has 2 rings (SSSR count). The summed E-state index contributed by atoms with van der Waals surface area (Å²) < 4.78 is 17.4. The molecule has 1 atom stereocenters. The minimum atomic E-state index is -2.20. The van der Waals surface area contributed by atoms with E-state index in [0.29, 0.717) is 23.5 Å². The van der Waals surface area contributed by atoms with Gasteiger partial charge in [-0.1, -0.05) is 32.4 Å². The van der Waals surface area contributed by atoms with Crippen molar-refractivity contribution in [3.05, 3.63) is 46.6 Å². The molecule has 6 heteroatoms. The smallest absolute Gasteiger partial charge is 0.196 e. The minimum Gasteiger partial charge on any atom is -0.496 e. The highest BCUT2D eigenvalue weighted by atomic mass is 28.4. The summed E-state index contributed by atoms with van der Waals surface area (Å²) in [6.45, 7) is 14.8. The molecular formula is C24H34O5Si. The normalized spacial score (nSPS) is 15.3. The Labute approximate surface area is 181 Å². The number of ketones is 2. The molecule has 0 N–H and O–H groups in total. The Bertz CT molecular complexity index is 899. The zero-order valence-corrected chi connectivity index (χ0v) is 20.6. The Morgan fingerprint density at radius 3 is 2.03 bits per heavy atom. The first-order chi connectivity index (χ1) is 13.8. The lowest BCUT2D eigenvalue weighted by molar-refractivity contribution is 0.0946. The predicted molar refractivity (Wildman–Crippen MR) is 122 cm³/mol. The van der Waals surface area contributed by atoms with Gasteiger partial charge in [0.05, 0.1) is 31.5 Å². The monoisotopic (exact) mass is 430 g/mol. The molecule has 0 heterocycles. The lowest BCUT2D eigenvalue weighted by atomic mass is 9.85. The average Bonchev–Trinajstić information content (AvgIpc) is 2.65. The summed E-state index contributed by atoms with van der Waals surface area (Å²) >= 11 is 0.